The predicted octanol–water partition coefficient (Wildman–Crippen LogP) is 4.19. The zero-order valence-electron chi connectivity index (χ0n) is 8.84. The van der Waals surface area contributed by atoms with Crippen LogP contribution in [0.4, 0.5) is 0 Å². The summed E-state index contributed by atoms with van der Waals surface area (Å²) in [5.74, 6) is 0.364. The van der Waals surface area contributed by atoms with Gasteiger partial charge in [0.15, 0.2) is 5.75 Å². The number of rotatable bonds is 5. The third-order valence-electron chi connectivity index (χ3n) is 2.01. The second-order valence-corrected chi connectivity index (χ2v) is 4.70. The maximum Gasteiger partial charge on any atom is 0.156 e. The summed E-state index contributed by atoms with van der Waals surface area (Å²) < 4.78 is 5.36. The van der Waals surface area contributed by atoms with Crippen LogP contribution in [0.3, 0.4) is 0 Å². The molecular formula is C11H13Cl3O2. The number of benzene rings is 1. The maximum atomic E-state index is 9.51. The molecule has 1 N–H and O–H groups in total. The molecule has 0 fully saturated rings. The molecule has 1 aromatic rings. The van der Waals surface area contributed by atoms with Crippen molar-refractivity contribution in [2.24, 2.45) is 0 Å². The molecule has 0 radical (unpaired) electrons. The molecule has 1 aromatic carbocycles. The molecule has 0 saturated heterocycles. The van der Waals surface area contributed by atoms with Crippen molar-refractivity contribution in [3.8, 4) is 5.75 Å². The summed E-state index contributed by atoms with van der Waals surface area (Å²) in [5.41, 5.74) is 0. The Morgan fingerprint density at radius 1 is 1.25 bits per heavy atom. The number of hydrogen-bond acceptors (Lipinski definition) is 2. The summed E-state index contributed by atoms with van der Waals surface area (Å²) in [6.07, 6.45) is 1.07. The molecule has 5 heteroatoms. The van der Waals surface area contributed by atoms with Gasteiger partial charge in [-0.15, -0.1) is 0 Å². The summed E-state index contributed by atoms with van der Waals surface area (Å²) >= 11 is 17.6. The summed E-state index contributed by atoms with van der Waals surface area (Å²) in [6.45, 7) is 2.17. The average molecular weight is 284 g/mol. The van der Waals surface area contributed by atoms with Crippen molar-refractivity contribution in [2.45, 2.75) is 25.9 Å². The molecule has 0 aliphatic heterocycles. The van der Waals surface area contributed by atoms with Crippen LogP contribution in [-0.2, 0) is 0 Å². The van der Waals surface area contributed by atoms with E-state index >= 15 is 0 Å². The Balaban J connectivity index is 2.67. The molecule has 0 aliphatic carbocycles. The van der Waals surface area contributed by atoms with Crippen LogP contribution in [0.15, 0.2) is 12.1 Å². The highest BCUT2D eigenvalue weighted by Gasteiger charge is 2.11. The second-order valence-electron chi connectivity index (χ2n) is 3.45. The average Bonchev–Trinajstić information content (AvgIpc) is 2.16. The van der Waals surface area contributed by atoms with Gasteiger partial charge in [0.25, 0.3) is 0 Å². The van der Waals surface area contributed by atoms with Gasteiger partial charge in [-0.1, -0.05) is 48.1 Å². The van der Waals surface area contributed by atoms with Crippen molar-refractivity contribution in [3.05, 3.63) is 27.2 Å². The molecule has 0 saturated carbocycles. The second kappa shape index (κ2) is 6.55. The molecule has 1 atom stereocenters. The minimum Gasteiger partial charge on any atom is -0.488 e. The Bertz CT molecular complexity index is 332. The normalized spacial score (nSPS) is 12.6. The molecular weight excluding hydrogens is 270 g/mol. The van der Waals surface area contributed by atoms with E-state index in [4.69, 9.17) is 39.5 Å². The minimum absolute atomic E-state index is 0.176. The number of halogens is 3. The zero-order valence-corrected chi connectivity index (χ0v) is 11.1. The van der Waals surface area contributed by atoms with Crippen LogP contribution >= 0.6 is 34.8 Å². The summed E-state index contributed by atoms with van der Waals surface area (Å²) in [4.78, 5) is 0. The van der Waals surface area contributed by atoms with Gasteiger partial charge in [0.05, 0.1) is 16.1 Å². The van der Waals surface area contributed by atoms with E-state index in [1.165, 1.54) is 0 Å². The zero-order chi connectivity index (χ0) is 12.1. The van der Waals surface area contributed by atoms with E-state index in [-0.39, 0.29) is 6.61 Å². The van der Waals surface area contributed by atoms with E-state index in [9.17, 15) is 5.11 Å². The molecule has 0 aromatic heterocycles. The van der Waals surface area contributed by atoms with Crippen molar-refractivity contribution in [1.29, 1.82) is 0 Å². The molecule has 1 rings (SSSR count). The van der Waals surface area contributed by atoms with Crippen LogP contribution in [0.5, 0.6) is 5.75 Å². The van der Waals surface area contributed by atoms with Gasteiger partial charge in [-0.3, -0.25) is 0 Å². The molecule has 0 bridgehead atoms. The molecule has 2 nitrogen and oxygen atoms in total. The van der Waals surface area contributed by atoms with Gasteiger partial charge in [0.2, 0.25) is 0 Å². The highest BCUT2D eigenvalue weighted by Crippen LogP contribution is 2.35. The molecule has 0 heterocycles. The van der Waals surface area contributed by atoms with E-state index in [0.717, 1.165) is 6.42 Å². The van der Waals surface area contributed by atoms with Crippen molar-refractivity contribution < 1.29 is 9.84 Å². The molecule has 90 valence electrons. The lowest BCUT2D eigenvalue weighted by atomic mass is 10.2. The Morgan fingerprint density at radius 2 is 1.81 bits per heavy atom. The first-order chi connectivity index (χ1) is 7.54. The van der Waals surface area contributed by atoms with E-state index < -0.39 is 6.10 Å². The van der Waals surface area contributed by atoms with E-state index in [2.05, 4.69) is 0 Å². The lowest BCUT2D eigenvalue weighted by Gasteiger charge is -2.13. The number of aliphatic hydroxyl groups excluding tert-OH is 1. The van der Waals surface area contributed by atoms with E-state index in [1.54, 1.807) is 12.1 Å². The fourth-order valence-corrected chi connectivity index (χ4v) is 2.19. The van der Waals surface area contributed by atoms with Crippen LogP contribution in [-0.4, -0.2) is 17.8 Å². The van der Waals surface area contributed by atoms with Gasteiger partial charge < -0.3 is 9.84 Å². The summed E-state index contributed by atoms with van der Waals surface area (Å²) in [5, 5.41) is 10.7. The smallest absolute Gasteiger partial charge is 0.156 e. The highest BCUT2D eigenvalue weighted by molar-refractivity contribution is 6.40. The van der Waals surface area contributed by atoms with Gasteiger partial charge in [0, 0.05) is 5.02 Å². The highest BCUT2D eigenvalue weighted by atomic mass is 35.5. The largest absolute Gasteiger partial charge is 0.488 e. The van der Waals surface area contributed by atoms with Crippen LogP contribution in [0, 0.1) is 0 Å². The van der Waals surface area contributed by atoms with Gasteiger partial charge in [-0.2, -0.15) is 0 Å². The maximum absolute atomic E-state index is 9.51. The summed E-state index contributed by atoms with van der Waals surface area (Å²) in [6, 6.07) is 3.10. The Hall–Kier alpha value is -0.150. The lowest BCUT2D eigenvalue weighted by Crippen LogP contribution is -2.17. The number of hydrogen-bond donors (Lipinski definition) is 1. The van der Waals surface area contributed by atoms with Crippen LogP contribution in [0.25, 0.3) is 0 Å². The molecule has 0 aliphatic rings. The lowest BCUT2D eigenvalue weighted by molar-refractivity contribution is 0.0994. The topological polar surface area (TPSA) is 29.5 Å². The first-order valence-corrected chi connectivity index (χ1v) is 6.13. The Labute approximate surface area is 110 Å². The predicted molar refractivity (Wildman–Crippen MR) is 67.9 cm³/mol. The van der Waals surface area contributed by atoms with Crippen molar-refractivity contribution in [3.63, 3.8) is 0 Å². The fraction of sp³-hybridized carbons (Fsp3) is 0.455. The van der Waals surface area contributed by atoms with Crippen molar-refractivity contribution in [2.75, 3.05) is 6.61 Å². The van der Waals surface area contributed by atoms with Gasteiger partial charge >= 0.3 is 0 Å². The quantitative estimate of drug-likeness (QED) is 0.878. The monoisotopic (exact) mass is 282 g/mol. The minimum atomic E-state index is -0.507. The van der Waals surface area contributed by atoms with E-state index in [0.29, 0.717) is 27.2 Å². The first-order valence-electron chi connectivity index (χ1n) is 5.00. The first kappa shape index (κ1) is 13.9. The molecule has 0 amide bonds. The van der Waals surface area contributed by atoms with Crippen molar-refractivity contribution >= 4 is 34.8 Å². The Kier molecular flexibility index (Phi) is 5.70. The standard InChI is InChI=1S/C11H13Cl3O2/c1-2-3-8(15)6-16-11-9(13)4-7(12)5-10(11)14/h4-5,8,15H,2-3,6H2,1H3. The summed E-state index contributed by atoms with van der Waals surface area (Å²) in [7, 11) is 0. The Morgan fingerprint density at radius 3 is 2.31 bits per heavy atom. The van der Waals surface area contributed by atoms with Crippen molar-refractivity contribution in [1.82, 2.24) is 0 Å². The molecule has 0 spiro atoms. The molecule has 16 heavy (non-hydrogen) atoms. The van der Waals surface area contributed by atoms with E-state index in [1.807, 2.05) is 6.92 Å². The van der Waals surface area contributed by atoms with Gasteiger partial charge in [-0.05, 0) is 18.6 Å². The van der Waals surface area contributed by atoms with Crippen LogP contribution in [0.1, 0.15) is 19.8 Å². The van der Waals surface area contributed by atoms with Gasteiger partial charge in [0.1, 0.15) is 6.61 Å². The van der Waals surface area contributed by atoms with Crippen LogP contribution in [0.2, 0.25) is 15.1 Å². The number of aliphatic hydroxyl groups is 1. The third kappa shape index (κ3) is 4.02. The molecule has 1 unspecified atom stereocenters. The SMILES string of the molecule is CCCC(O)COc1c(Cl)cc(Cl)cc1Cl. The third-order valence-corrected chi connectivity index (χ3v) is 2.78. The van der Waals surface area contributed by atoms with Crippen LogP contribution < -0.4 is 4.74 Å². The van der Waals surface area contributed by atoms with Gasteiger partial charge in [-0.25, -0.2) is 0 Å². The fourth-order valence-electron chi connectivity index (χ4n) is 1.26. The number of ether oxygens (including phenoxy) is 1.